The lowest BCUT2D eigenvalue weighted by Gasteiger charge is -2.24. The molecule has 0 spiro atoms. The van der Waals surface area contributed by atoms with Gasteiger partial charge in [-0.3, -0.25) is 9.13 Å². The molecule has 58 heavy (non-hydrogen) atoms. The molecule has 0 saturated carbocycles. The number of ether oxygens (including phenoxy) is 1. The van der Waals surface area contributed by atoms with Crippen molar-refractivity contribution in [2.24, 2.45) is 0 Å². The first kappa shape index (κ1) is 38.8. The maximum Gasteiger partial charge on any atom is 0.168 e. The summed E-state index contributed by atoms with van der Waals surface area (Å²) < 4.78 is 11.4. The molecule has 5 aromatic carbocycles. The average molecular weight is 766 g/mol. The molecule has 0 aliphatic carbocycles. The van der Waals surface area contributed by atoms with Gasteiger partial charge < -0.3 is 4.74 Å². The maximum atomic E-state index is 7.00. The summed E-state index contributed by atoms with van der Waals surface area (Å²) in [6, 6.07) is 39.2. The Balaban J connectivity index is 1.25. The fourth-order valence-electron chi connectivity index (χ4n) is 8.23. The van der Waals surface area contributed by atoms with Gasteiger partial charge in [-0.2, -0.15) is 0 Å². The highest BCUT2D eigenvalue weighted by Crippen LogP contribution is 2.41. The van der Waals surface area contributed by atoms with Crippen molar-refractivity contribution in [2.45, 2.75) is 98.8 Å². The molecule has 6 heteroatoms. The van der Waals surface area contributed by atoms with Gasteiger partial charge in [0.1, 0.15) is 23.6 Å². The molecule has 0 atom stereocenters. The van der Waals surface area contributed by atoms with Gasteiger partial charge in [0.05, 0.1) is 16.7 Å². The highest BCUT2D eigenvalue weighted by Gasteiger charge is 2.24. The second kappa shape index (κ2) is 14.7. The van der Waals surface area contributed by atoms with Crippen molar-refractivity contribution in [1.82, 2.24) is 24.3 Å². The molecule has 8 rings (SSSR count). The van der Waals surface area contributed by atoms with Crippen LogP contribution in [0.4, 0.5) is 0 Å². The van der Waals surface area contributed by atoms with E-state index in [1.807, 2.05) is 12.5 Å². The molecule has 294 valence electrons. The first-order valence-corrected chi connectivity index (χ1v) is 20.6. The number of aryl methyl sites for hydroxylation is 1. The van der Waals surface area contributed by atoms with Crippen LogP contribution in [0, 0.1) is 6.92 Å². The maximum absolute atomic E-state index is 7.00. The van der Waals surface area contributed by atoms with Gasteiger partial charge in [-0.15, -0.1) is 10.2 Å². The molecular formula is C52H55N5O. The Morgan fingerprint density at radius 2 is 1.31 bits per heavy atom. The second-order valence-electron chi connectivity index (χ2n) is 18.4. The third-order valence-corrected chi connectivity index (χ3v) is 11.4. The molecule has 0 unspecified atom stereocenters. The summed E-state index contributed by atoms with van der Waals surface area (Å²) in [5.74, 6) is 3.85. The van der Waals surface area contributed by atoms with E-state index < -0.39 is 0 Å². The van der Waals surface area contributed by atoms with Gasteiger partial charge in [-0.05, 0) is 93.3 Å². The largest absolute Gasteiger partial charge is 0.457 e. The Kier molecular flexibility index (Phi) is 9.87. The molecule has 3 aromatic heterocycles. The lowest BCUT2D eigenvalue weighted by atomic mass is 9.85. The van der Waals surface area contributed by atoms with Crippen LogP contribution in [0.2, 0.25) is 0 Å². The highest BCUT2D eigenvalue weighted by atomic mass is 16.5. The van der Waals surface area contributed by atoms with Gasteiger partial charge in [0.15, 0.2) is 5.82 Å². The van der Waals surface area contributed by atoms with E-state index in [-0.39, 0.29) is 10.8 Å². The molecule has 0 aliphatic rings. The minimum absolute atomic E-state index is 0.0886. The predicted molar refractivity (Wildman–Crippen MR) is 241 cm³/mol. The Morgan fingerprint density at radius 3 is 1.98 bits per heavy atom. The number of para-hydroxylation sites is 2. The first-order chi connectivity index (χ1) is 27.6. The Bertz CT molecular complexity index is 2760. The van der Waals surface area contributed by atoms with E-state index in [9.17, 15) is 0 Å². The third-order valence-electron chi connectivity index (χ3n) is 11.4. The van der Waals surface area contributed by atoms with Crippen molar-refractivity contribution in [3.8, 4) is 45.5 Å². The summed E-state index contributed by atoms with van der Waals surface area (Å²) in [4.78, 5) is 5.04. The molecule has 0 saturated heterocycles. The van der Waals surface area contributed by atoms with Crippen molar-refractivity contribution in [3.05, 3.63) is 150 Å². The molecule has 0 bridgehead atoms. The zero-order valence-electron chi connectivity index (χ0n) is 35.8. The van der Waals surface area contributed by atoms with Gasteiger partial charge in [0, 0.05) is 34.2 Å². The van der Waals surface area contributed by atoms with Crippen molar-refractivity contribution in [2.75, 3.05) is 0 Å². The number of pyridine rings is 1. The Labute approximate surface area is 343 Å². The summed E-state index contributed by atoms with van der Waals surface area (Å²) in [7, 11) is 0. The Hall–Kier alpha value is -6.01. The number of nitrogens with zero attached hydrogens (tertiary/aromatic N) is 5. The zero-order valence-corrected chi connectivity index (χ0v) is 35.8. The SMILES string of the molecule is Cc1cnc(-n2c3ccccc3c3ccc(Oc4cc(-c5nncn5-c5c(C(C)C)cccc5C(C)C)ccc4C(C)(C)C)cc32)cc1-c1ccc(C(C)(C)C)cc1. The Morgan fingerprint density at radius 1 is 0.638 bits per heavy atom. The van der Waals surface area contributed by atoms with Crippen molar-refractivity contribution in [1.29, 1.82) is 0 Å². The van der Waals surface area contributed by atoms with Gasteiger partial charge in [0.2, 0.25) is 0 Å². The summed E-state index contributed by atoms with van der Waals surface area (Å²) >= 11 is 0. The van der Waals surface area contributed by atoms with Crippen molar-refractivity contribution in [3.63, 3.8) is 0 Å². The minimum atomic E-state index is -0.178. The topological polar surface area (TPSA) is 57.8 Å². The first-order valence-electron chi connectivity index (χ1n) is 20.6. The molecule has 8 aromatic rings. The third kappa shape index (κ3) is 7.10. The van der Waals surface area contributed by atoms with E-state index in [1.165, 1.54) is 33.2 Å². The molecule has 0 aliphatic heterocycles. The lowest BCUT2D eigenvalue weighted by molar-refractivity contribution is 0.456. The number of aromatic nitrogens is 5. The predicted octanol–water partition coefficient (Wildman–Crippen LogP) is 14.0. The molecule has 0 fully saturated rings. The van der Waals surface area contributed by atoms with E-state index in [0.717, 1.165) is 61.9 Å². The highest BCUT2D eigenvalue weighted by molar-refractivity contribution is 6.09. The van der Waals surface area contributed by atoms with Crippen LogP contribution in [0.5, 0.6) is 11.5 Å². The standard InChI is InChI=1S/C52H55N5O/c1-32(2)39-16-14-17-40(33(3)4)49(39)56-31-54-55-50(56)36-21-26-44(52(9,10)11)47(27-36)58-38-24-25-42-41-15-12-13-18-45(41)57(46(42)28-38)48-29-43(34(5)30-53-48)35-19-22-37(23-20-35)51(6,7)8/h12-33H,1-11H3. The van der Waals surface area contributed by atoms with Gasteiger partial charge >= 0.3 is 0 Å². The molecule has 0 amide bonds. The number of fused-ring (bicyclic) bond motifs is 3. The van der Waals surface area contributed by atoms with Crippen LogP contribution >= 0.6 is 0 Å². The molecule has 0 radical (unpaired) electrons. The fraction of sp³-hybridized carbons (Fsp3) is 0.288. The lowest BCUT2D eigenvalue weighted by Crippen LogP contribution is -2.13. The van der Waals surface area contributed by atoms with E-state index in [2.05, 4.69) is 200 Å². The zero-order chi connectivity index (χ0) is 41.1. The van der Waals surface area contributed by atoms with Gasteiger partial charge in [-0.25, -0.2) is 4.98 Å². The quantitative estimate of drug-likeness (QED) is 0.155. The number of hydrogen-bond donors (Lipinski definition) is 0. The number of rotatable bonds is 8. The van der Waals surface area contributed by atoms with Gasteiger partial charge in [-0.1, -0.05) is 142 Å². The molecular weight excluding hydrogens is 711 g/mol. The van der Waals surface area contributed by atoms with Crippen molar-refractivity contribution >= 4 is 21.8 Å². The smallest absolute Gasteiger partial charge is 0.168 e. The number of hydrogen-bond acceptors (Lipinski definition) is 4. The average Bonchev–Trinajstić information content (AvgIpc) is 3.80. The van der Waals surface area contributed by atoms with Crippen molar-refractivity contribution < 1.29 is 4.74 Å². The second-order valence-corrected chi connectivity index (χ2v) is 18.4. The molecule has 6 nitrogen and oxygen atoms in total. The van der Waals surface area contributed by atoms with Crippen LogP contribution in [-0.4, -0.2) is 24.3 Å². The molecule has 0 N–H and O–H groups in total. The number of benzene rings is 5. The summed E-state index contributed by atoms with van der Waals surface area (Å²) in [6.07, 6.45) is 3.84. The molecule has 3 heterocycles. The van der Waals surface area contributed by atoms with E-state index in [4.69, 9.17) is 14.8 Å². The van der Waals surface area contributed by atoms with E-state index in [1.54, 1.807) is 0 Å². The minimum Gasteiger partial charge on any atom is -0.457 e. The monoisotopic (exact) mass is 765 g/mol. The van der Waals surface area contributed by atoms with Crippen LogP contribution in [0.15, 0.2) is 122 Å². The van der Waals surface area contributed by atoms with Crippen LogP contribution in [-0.2, 0) is 10.8 Å². The summed E-state index contributed by atoms with van der Waals surface area (Å²) in [5.41, 5.74) is 12.6. The van der Waals surface area contributed by atoms with Crippen LogP contribution in [0.3, 0.4) is 0 Å². The summed E-state index contributed by atoms with van der Waals surface area (Å²) in [5, 5.41) is 11.5. The fourth-order valence-corrected chi connectivity index (χ4v) is 8.23. The van der Waals surface area contributed by atoms with E-state index in [0.29, 0.717) is 11.8 Å². The van der Waals surface area contributed by atoms with Crippen LogP contribution in [0.1, 0.15) is 109 Å². The summed E-state index contributed by atoms with van der Waals surface area (Å²) in [6.45, 7) is 24.5. The van der Waals surface area contributed by atoms with Crippen LogP contribution in [0.25, 0.3) is 55.8 Å². The van der Waals surface area contributed by atoms with E-state index >= 15 is 0 Å². The normalized spacial score (nSPS) is 12.4. The van der Waals surface area contributed by atoms with Crippen LogP contribution < -0.4 is 4.74 Å². The van der Waals surface area contributed by atoms with Gasteiger partial charge in [0.25, 0.3) is 0 Å².